The van der Waals surface area contributed by atoms with Crippen LogP contribution in [0.4, 0.5) is 8.78 Å². The highest BCUT2D eigenvalue weighted by Gasteiger charge is 2.24. The molecule has 0 aliphatic carbocycles. The highest BCUT2D eigenvalue weighted by atomic mass is 32.2. The van der Waals surface area contributed by atoms with E-state index in [0.29, 0.717) is 17.7 Å². The number of benzene rings is 1. The second-order valence-corrected chi connectivity index (χ2v) is 4.47. The van der Waals surface area contributed by atoms with Crippen LogP contribution >= 0.6 is 11.8 Å². The summed E-state index contributed by atoms with van der Waals surface area (Å²) in [5.74, 6) is 0.474. The molecule has 1 saturated heterocycles. The molecule has 1 aliphatic rings. The van der Waals surface area contributed by atoms with Gasteiger partial charge >= 0.3 is 0 Å². The largest absolute Gasteiger partial charge is 0.270 e. The minimum absolute atomic E-state index is 0.215. The first kappa shape index (κ1) is 9.71. The fourth-order valence-electron chi connectivity index (χ4n) is 1.56. The summed E-state index contributed by atoms with van der Waals surface area (Å²) in [6.45, 7) is 0. The topological polar surface area (TPSA) is 0 Å². The minimum atomic E-state index is -1.49. The summed E-state index contributed by atoms with van der Waals surface area (Å²) in [5, 5.41) is 0.215. The molecule has 0 amide bonds. The van der Waals surface area contributed by atoms with Gasteiger partial charge in [-0.1, -0.05) is 30.3 Å². The van der Waals surface area contributed by atoms with Crippen LogP contribution in [0, 0.1) is 0 Å². The zero-order chi connectivity index (χ0) is 9.97. The van der Waals surface area contributed by atoms with Gasteiger partial charge in [0.25, 0.3) is 6.08 Å². The lowest BCUT2D eigenvalue weighted by Crippen LogP contribution is -1.87. The molecule has 0 radical (unpaired) electrons. The summed E-state index contributed by atoms with van der Waals surface area (Å²) in [6.07, 6.45) is -0.993. The van der Waals surface area contributed by atoms with Crippen molar-refractivity contribution in [1.82, 2.24) is 0 Å². The van der Waals surface area contributed by atoms with E-state index in [2.05, 4.69) is 0 Å². The zero-order valence-electron chi connectivity index (χ0n) is 7.54. The first-order chi connectivity index (χ1) is 6.77. The molecule has 1 unspecified atom stereocenters. The van der Waals surface area contributed by atoms with Crippen molar-refractivity contribution in [2.24, 2.45) is 0 Å². The number of hydrogen-bond donors (Lipinski definition) is 0. The summed E-state index contributed by atoms with van der Waals surface area (Å²) in [6, 6.07) is 9.83. The summed E-state index contributed by atoms with van der Waals surface area (Å²) in [4.78, 5) is 0. The first-order valence-corrected chi connectivity index (χ1v) is 5.52. The van der Waals surface area contributed by atoms with Gasteiger partial charge in [-0.05, 0) is 12.0 Å². The van der Waals surface area contributed by atoms with Crippen LogP contribution in [0.1, 0.15) is 17.2 Å². The van der Waals surface area contributed by atoms with E-state index in [1.807, 2.05) is 30.3 Å². The quantitative estimate of drug-likeness (QED) is 0.677. The molecule has 14 heavy (non-hydrogen) atoms. The van der Waals surface area contributed by atoms with Crippen LogP contribution in [0.5, 0.6) is 0 Å². The third-order valence-corrected chi connectivity index (χ3v) is 3.69. The van der Waals surface area contributed by atoms with Crippen molar-refractivity contribution < 1.29 is 8.78 Å². The number of thioether (sulfide) groups is 1. The Labute approximate surface area is 86.0 Å². The number of hydrogen-bond acceptors (Lipinski definition) is 1. The predicted molar refractivity (Wildman–Crippen MR) is 55.5 cm³/mol. The molecular weight excluding hydrogens is 202 g/mol. The molecule has 0 aromatic heterocycles. The second-order valence-electron chi connectivity index (χ2n) is 3.28. The van der Waals surface area contributed by atoms with Crippen molar-refractivity contribution in [1.29, 1.82) is 0 Å². The molecule has 1 aliphatic heterocycles. The second kappa shape index (κ2) is 4.13. The highest BCUT2D eigenvalue weighted by molar-refractivity contribution is 8.00. The van der Waals surface area contributed by atoms with E-state index in [9.17, 15) is 8.78 Å². The lowest BCUT2D eigenvalue weighted by molar-refractivity contribution is 0.409. The molecular formula is C11H10F2S. The minimum Gasteiger partial charge on any atom is -0.173 e. The SMILES string of the molecule is FC(F)=C1CSC(c2ccccc2)C1. The Bertz CT molecular complexity index is 342. The van der Waals surface area contributed by atoms with Gasteiger partial charge in [0.1, 0.15) is 0 Å². The molecule has 0 N–H and O–H groups in total. The molecule has 1 aromatic carbocycles. The third kappa shape index (κ3) is 1.98. The van der Waals surface area contributed by atoms with E-state index in [1.165, 1.54) is 0 Å². The van der Waals surface area contributed by atoms with Crippen LogP contribution in [0.3, 0.4) is 0 Å². The van der Waals surface area contributed by atoms with Gasteiger partial charge in [0.15, 0.2) is 0 Å². The maximum Gasteiger partial charge on any atom is 0.270 e. The van der Waals surface area contributed by atoms with E-state index >= 15 is 0 Å². The van der Waals surface area contributed by atoms with Crippen LogP contribution in [-0.4, -0.2) is 5.75 Å². The van der Waals surface area contributed by atoms with Crippen LogP contribution in [0.25, 0.3) is 0 Å². The van der Waals surface area contributed by atoms with Gasteiger partial charge in [-0.3, -0.25) is 0 Å². The molecule has 0 nitrogen and oxygen atoms in total. The van der Waals surface area contributed by atoms with Gasteiger partial charge < -0.3 is 0 Å². The maximum atomic E-state index is 12.3. The zero-order valence-corrected chi connectivity index (χ0v) is 8.36. The molecule has 2 rings (SSSR count). The smallest absolute Gasteiger partial charge is 0.173 e. The van der Waals surface area contributed by atoms with Crippen molar-refractivity contribution in [3.8, 4) is 0 Å². The average molecular weight is 212 g/mol. The summed E-state index contributed by atoms with van der Waals surface area (Å²) in [5.41, 5.74) is 1.46. The molecule has 0 saturated carbocycles. The van der Waals surface area contributed by atoms with Crippen LogP contribution in [0.2, 0.25) is 0 Å². The standard InChI is InChI=1S/C11H10F2S/c12-11(13)9-6-10(14-7-9)8-4-2-1-3-5-8/h1-5,10H,6-7H2. The fraction of sp³-hybridized carbons (Fsp3) is 0.273. The molecule has 1 aromatic rings. The van der Waals surface area contributed by atoms with Gasteiger partial charge in [-0.25, -0.2) is 0 Å². The normalized spacial score (nSPS) is 21.3. The Morgan fingerprint density at radius 1 is 1.21 bits per heavy atom. The van der Waals surface area contributed by atoms with Crippen molar-refractivity contribution in [3.05, 3.63) is 47.5 Å². The van der Waals surface area contributed by atoms with Gasteiger partial charge in [0.2, 0.25) is 0 Å². The molecule has 3 heteroatoms. The first-order valence-electron chi connectivity index (χ1n) is 4.47. The van der Waals surface area contributed by atoms with Crippen molar-refractivity contribution in [3.63, 3.8) is 0 Å². The summed E-state index contributed by atoms with van der Waals surface area (Å²) >= 11 is 1.59. The van der Waals surface area contributed by atoms with Gasteiger partial charge in [0.05, 0.1) is 0 Å². The van der Waals surface area contributed by atoms with Crippen LogP contribution < -0.4 is 0 Å². The maximum absolute atomic E-state index is 12.3. The number of halogens is 2. The van der Waals surface area contributed by atoms with Crippen LogP contribution in [0.15, 0.2) is 42.0 Å². The average Bonchev–Trinajstić information content (AvgIpc) is 2.68. The van der Waals surface area contributed by atoms with E-state index in [4.69, 9.17) is 0 Å². The monoisotopic (exact) mass is 212 g/mol. The Morgan fingerprint density at radius 3 is 2.50 bits per heavy atom. The van der Waals surface area contributed by atoms with E-state index in [0.717, 1.165) is 5.56 Å². The molecule has 0 bridgehead atoms. The lowest BCUT2D eigenvalue weighted by atomic mass is 10.1. The molecule has 1 fully saturated rings. The Balaban J connectivity index is 2.14. The van der Waals surface area contributed by atoms with Gasteiger partial charge in [0, 0.05) is 16.6 Å². The molecule has 1 heterocycles. The van der Waals surface area contributed by atoms with E-state index in [-0.39, 0.29) is 5.25 Å². The van der Waals surface area contributed by atoms with E-state index in [1.54, 1.807) is 11.8 Å². The summed E-state index contributed by atoms with van der Waals surface area (Å²) < 4.78 is 24.6. The van der Waals surface area contributed by atoms with E-state index < -0.39 is 6.08 Å². The fourth-order valence-corrected chi connectivity index (χ4v) is 2.85. The highest BCUT2D eigenvalue weighted by Crippen LogP contribution is 2.43. The predicted octanol–water partition coefficient (Wildman–Crippen LogP) is 4.02. The van der Waals surface area contributed by atoms with Crippen molar-refractivity contribution in [2.75, 3.05) is 5.75 Å². The molecule has 0 spiro atoms. The summed E-state index contributed by atoms with van der Waals surface area (Å²) in [7, 11) is 0. The Kier molecular flexibility index (Phi) is 2.87. The molecule has 1 atom stereocenters. The lowest BCUT2D eigenvalue weighted by Gasteiger charge is -2.06. The third-order valence-electron chi connectivity index (χ3n) is 2.33. The Morgan fingerprint density at radius 2 is 1.93 bits per heavy atom. The van der Waals surface area contributed by atoms with Gasteiger partial charge in [-0.2, -0.15) is 8.78 Å². The molecule has 74 valence electrons. The number of rotatable bonds is 1. The van der Waals surface area contributed by atoms with Gasteiger partial charge in [-0.15, -0.1) is 11.8 Å². The van der Waals surface area contributed by atoms with Crippen LogP contribution in [-0.2, 0) is 0 Å². The Hall–Kier alpha value is -0.830. The van der Waals surface area contributed by atoms with Crippen molar-refractivity contribution in [2.45, 2.75) is 11.7 Å². The van der Waals surface area contributed by atoms with Crippen molar-refractivity contribution >= 4 is 11.8 Å².